The van der Waals surface area contributed by atoms with Crippen molar-refractivity contribution in [3.63, 3.8) is 0 Å². The van der Waals surface area contributed by atoms with Crippen LogP contribution in [0.3, 0.4) is 0 Å². The molecule has 0 heterocycles. The summed E-state index contributed by atoms with van der Waals surface area (Å²) >= 11 is 0. The van der Waals surface area contributed by atoms with E-state index in [1.807, 2.05) is 6.92 Å². The molecule has 3 nitrogen and oxygen atoms in total. The number of benzene rings is 1. The molecule has 0 radical (unpaired) electrons. The summed E-state index contributed by atoms with van der Waals surface area (Å²) in [5.74, 6) is 2.83. The van der Waals surface area contributed by atoms with E-state index in [1.54, 1.807) is 12.1 Å². The standard InChI is InChI=1S/C14H19NO2/c1-4-6-11(5-2)15-10(3)13-8-7-12(16)9-14(13)17/h2,7-11,15-17H,4,6H2,1,3H3. The van der Waals surface area contributed by atoms with Crippen LogP contribution >= 0.6 is 0 Å². The second-order valence-electron chi connectivity index (χ2n) is 4.14. The Balaban J connectivity index is 2.75. The first-order chi connectivity index (χ1) is 8.08. The van der Waals surface area contributed by atoms with Crippen LogP contribution < -0.4 is 5.32 Å². The van der Waals surface area contributed by atoms with Gasteiger partial charge in [-0.05, 0) is 19.4 Å². The van der Waals surface area contributed by atoms with Crippen molar-refractivity contribution in [2.24, 2.45) is 0 Å². The fourth-order valence-electron chi connectivity index (χ4n) is 1.79. The first-order valence-corrected chi connectivity index (χ1v) is 5.82. The van der Waals surface area contributed by atoms with Gasteiger partial charge < -0.3 is 10.2 Å². The molecule has 0 aromatic heterocycles. The second kappa shape index (κ2) is 6.17. The summed E-state index contributed by atoms with van der Waals surface area (Å²) in [4.78, 5) is 0. The van der Waals surface area contributed by atoms with Crippen molar-refractivity contribution >= 4 is 0 Å². The van der Waals surface area contributed by atoms with Gasteiger partial charge in [-0.25, -0.2) is 0 Å². The van der Waals surface area contributed by atoms with E-state index in [2.05, 4.69) is 18.2 Å². The zero-order chi connectivity index (χ0) is 12.8. The molecule has 0 amide bonds. The van der Waals surface area contributed by atoms with Crippen LogP contribution in [0.15, 0.2) is 18.2 Å². The molecule has 0 saturated carbocycles. The topological polar surface area (TPSA) is 52.5 Å². The molecule has 1 aromatic rings. The summed E-state index contributed by atoms with van der Waals surface area (Å²) < 4.78 is 0. The van der Waals surface area contributed by atoms with Crippen LogP contribution in [0, 0.1) is 12.3 Å². The number of aromatic hydroxyl groups is 2. The Morgan fingerprint density at radius 1 is 1.41 bits per heavy atom. The van der Waals surface area contributed by atoms with Crippen molar-refractivity contribution in [3.05, 3.63) is 23.8 Å². The predicted octanol–water partition coefficient (Wildman–Crippen LogP) is 2.55. The van der Waals surface area contributed by atoms with Crippen LogP contribution in [-0.4, -0.2) is 16.3 Å². The second-order valence-corrected chi connectivity index (χ2v) is 4.14. The number of terminal acetylenes is 1. The summed E-state index contributed by atoms with van der Waals surface area (Å²) in [6, 6.07) is 4.53. The van der Waals surface area contributed by atoms with E-state index in [0.29, 0.717) is 0 Å². The van der Waals surface area contributed by atoms with Crippen LogP contribution in [-0.2, 0) is 0 Å². The highest BCUT2D eigenvalue weighted by molar-refractivity contribution is 5.40. The van der Waals surface area contributed by atoms with E-state index >= 15 is 0 Å². The molecule has 2 atom stereocenters. The Labute approximate surface area is 102 Å². The van der Waals surface area contributed by atoms with Crippen LogP contribution in [0.5, 0.6) is 11.5 Å². The number of hydrogen-bond acceptors (Lipinski definition) is 3. The fourth-order valence-corrected chi connectivity index (χ4v) is 1.79. The summed E-state index contributed by atoms with van der Waals surface area (Å²) in [5.41, 5.74) is 0.735. The minimum atomic E-state index is -0.0526. The van der Waals surface area contributed by atoms with Gasteiger partial charge >= 0.3 is 0 Å². The molecule has 2 unspecified atom stereocenters. The van der Waals surface area contributed by atoms with Gasteiger partial charge in [-0.2, -0.15) is 0 Å². The third-order valence-corrected chi connectivity index (χ3v) is 2.71. The maximum atomic E-state index is 9.73. The van der Waals surface area contributed by atoms with Crippen molar-refractivity contribution in [2.45, 2.75) is 38.8 Å². The molecular formula is C14H19NO2. The van der Waals surface area contributed by atoms with E-state index in [-0.39, 0.29) is 23.6 Å². The van der Waals surface area contributed by atoms with Crippen molar-refractivity contribution < 1.29 is 10.2 Å². The summed E-state index contributed by atoms with van der Waals surface area (Å²) in [6.45, 7) is 4.01. The van der Waals surface area contributed by atoms with Crippen molar-refractivity contribution in [3.8, 4) is 23.8 Å². The number of hydrogen-bond donors (Lipinski definition) is 3. The normalized spacial score (nSPS) is 13.9. The third kappa shape index (κ3) is 3.69. The van der Waals surface area contributed by atoms with E-state index in [9.17, 15) is 10.2 Å². The van der Waals surface area contributed by atoms with Crippen molar-refractivity contribution in [1.82, 2.24) is 5.32 Å². The largest absolute Gasteiger partial charge is 0.508 e. The zero-order valence-electron chi connectivity index (χ0n) is 10.3. The van der Waals surface area contributed by atoms with Crippen LogP contribution in [0.25, 0.3) is 0 Å². The minimum absolute atomic E-state index is 0.00297. The zero-order valence-corrected chi connectivity index (χ0v) is 10.3. The molecule has 0 spiro atoms. The van der Waals surface area contributed by atoms with Gasteiger partial charge in [0.05, 0.1) is 6.04 Å². The monoisotopic (exact) mass is 233 g/mol. The summed E-state index contributed by atoms with van der Waals surface area (Å²) in [7, 11) is 0. The van der Waals surface area contributed by atoms with Gasteiger partial charge in [-0.3, -0.25) is 5.32 Å². The molecule has 0 saturated heterocycles. The molecule has 0 aliphatic heterocycles. The quantitative estimate of drug-likeness (QED) is 0.685. The molecule has 3 N–H and O–H groups in total. The first kappa shape index (κ1) is 13.4. The maximum Gasteiger partial charge on any atom is 0.124 e. The molecule has 1 rings (SSSR count). The summed E-state index contributed by atoms with van der Waals surface area (Å²) in [6.07, 6.45) is 7.34. The molecule has 0 aliphatic carbocycles. The molecule has 1 aromatic carbocycles. The van der Waals surface area contributed by atoms with Crippen molar-refractivity contribution in [2.75, 3.05) is 0 Å². The van der Waals surface area contributed by atoms with Gasteiger partial charge in [0.2, 0.25) is 0 Å². The van der Waals surface area contributed by atoms with Gasteiger partial charge in [0.15, 0.2) is 0 Å². The Morgan fingerprint density at radius 3 is 2.65 bits per heavy atom. The molecule has 3 heteroatoms. The van der Waals surface area contributed by atoms with Crippen LogP contribution in [0.2, 0.25) is 0 Å². The lowest BCUT2D eigenvalue weighted by Crippen LogP contribution is -2.30. The van der Waals surface area contributed by atoms with Gasteiger partial charge in [-0.1, -0.05) is 25.3 Å². The Hall–Kier alpha value is -1.66. The van der Waals surface area contributed by atoms with E-state index in [4.69, 9.17) is 6.42 Å². The van der Waals surface area contributed by atoms with E-state index in [0.717, 1.165) is 18.4 Å². The molecule has 0 aliphatic rings. The third-order valence-electron chi connectivity index (χ3n) is 2.71. The highest BCUT2D eigenvalue weighted by Crippen LogP contribution is 2.28. The SMILES string of the molecule is C#CC(CCC)NC(C)c1ccc(O)cc1O. The maximum absolute atomic E-state index is 9.73. The Kier molecular flexibility index (Phi) is 4.86. The van der Waals surface area contributed by atoms with Crippen LogP contribution in [0.4, 0.5) is 0 Å². The molecular weight excluding hydrogens is 214 g/mol. The van der Waals surface area contributed by atoms with Gasteiger partial charge in [0.1, 0.15) is 11.5 Å². The molecule has 0 bridgehead atoms. The number of phenols is 2. The number of nitrogens with one attached hydrogen (secondary N) is 1. The average Bonchev–Trinajstić information content (AvgIpc) is 2.28. The predicted molar refractivity (Wildman–Crippen MR) is 68.9 cm³/mol. The minimum Gasteiger partial charge on any atom is -0.508 e. The van der Waals surface area contributed by atoms with Gasteiger partial charge in [0, 0.05) is 17.7 Å². The first-order valence-electron chi connectivity index (χ1n) is 5.82. The van der Waals surface area contributed by atoms with Crippen molar-refractivity contribution in [1.29, 1.82) is 0 Å². The molecule has 0 fully saturated rings. The fraction of sp³-hybridized carbons (Fsp3) is 0.429. The van der Waals surface area contributed by atoms with E-state index < -0.39 is 0 Å². The highest BCUT2D eigenvalue weighted by atomic mass is 16.3. The summed E-state index contributed by atoms with van der Waals surface area (Å²) in [5, 5.41) is 22.2. The lowest BCUT2D eigenvalue weighted by atomic mass is 10.0. The van der Waals surface area contributed by atoms with Crippen LogP contribution in [0.1, 0.15) is 38.3 Å². The molecule has 92 valence electrons. The Morgan fingerprint density at radius 2 is 2.12 bits per heavy atom. The highest BCUT2D eigenvalue weighted by Gasteiger charge is 2.14. The Bertz CT molecular complexity index is 409. The lowest BCUT2D eigenvalue weighted by molar-refractivity contribution is 0.428. The van der Waals surface area contributed by atoms with Gasteiger partial charge in [-0.15, -0.1) is 6.42 Å². The number of rotatable bonds is 5. The average molecular weight is 233 g/mol. The number of phenolic OH excluding ortho intramolecular Hbond substituents is 2. The smallest absolute Gasteiger partial charge is 0.124 e. The lowest BCUT2D eigenvalue weighted by Gasteiger charge is -2.20. The van der Waals surface area contributed by atoms with Gasteiger partial charge in [0.25, 0.3) is 0 Å². The van der Waals surface area contributed by atoms with E-state index in [1.165, 1.54) is 6.07 Å². The molecule has 17 heavy (non-hydrogen) atoms.